The van der Waals surface area contributed by atoms with Crippen LogP contribution in [0.25, 0.3) is 0 Å². The van der Waals surface area contributed by atoms with Gasteiger partial charge in [0.2, 0.25) is 15.9 Å². The molecule has 1 saturated heterocycles. The van der Waals surface area contributed by atoms with Crippen molar-refractivity contribution in [2.45, 2.75) is 11.8 Å². The van der Waals surface area contributed by atoms with Gasteiger partial charge in [-0.15, -0.1) is 0 Å². The Morgan fingerprint density at radius 1 is 1.00 bits per heavy atom. The zero-order valence-corrected chi connectivity index (χ0v) is 17.6. The average molecular weight is 467 g/mol. The Bertz CT molecular complexity index is 984. The van der Waals surface area contributed by atoms with Crippen molar-refractivity contribution in [2.75, 3.05) is 26.2 Å². The molecule has 0 saturated carbocycles. The van der Waals surface area contributed by atoms with Crippen LogP contribution in [0.2, 0.25) is 0 Å². The lowest BCUT2D eigenvalue weighted by Gasteiger charge is -2.33. The van der Waals surface area contributed by atoms with Crippen LogP contribution in [0.1, 0.15) is 17.3 Å². The summed E-state index contributed by atoms with van der Waals surface area (Å²) in [4.78, 5) is 25.4. The van der Waals surface area contributed by atoms with Gasteiger partial charge in [-0.05, 0) is 42.5 Å². The van der Waals surface area contributed by atoms with E-state index in [4.69, 9.17) is 4.74 Å². The van der Waals surface area contributed by atoms with Crippen molar-refractivity contribution in [1.82, 2.24) is 9.21 Å². The fraction of sp³-hybridized carbons (Fsp3) is 0.263. The van der Waals surface area contributed by atoms with Crippen LogP contribution in [-0.4, -0.2) is 55.7 Å². The third kappa shape index (κ3) is 4.60. The smallest absolute Gasteiger partial charge is 0.343 e. The van der Waals surface area contributed by atoms with E-state index in [1.165, 1.54) is 35.5 Å². The molecule has 0 N–H and O–H groups in total. The molecule has 1 heterocycles. The molecule has 7 nitrogen and oxygen atoms in total. The van der Waals surface area contributed by atoms with Crippen LogP contribution < -0.4 is 4.74 Å². The molecular weight excluding hydrogens is 448 g/mol. The number of esters is 1. The molecule has 1 aliphatic heterocycles. The summed E-state index contributed by atoms with van der Waals surface area (Å²) in [7, 11) is -3.76. The van der Waals surface area contributed by atoms with Gasteiger partial charge in [-0.25, -0.2) is 13.2 Å². The number of halogens is 1. The number of piperazine rings is 1. The fourth-order valence-electron chi connectivity index (χ4n) is 2.84. The lowest BCUT2D eigenvalue weighted by molar-refractivity contribution is -0.129. The first-order valence-corrected chi connectivity index (χ1v) is 10.8. The standard InChI is InChI=1S/C19H19BrN2O5S/c1-14(23)21-9-11-22(12-10-21)28(25,26)18-4-2-3-15(13-18)19(24)27-17-7-5-16(20)6-8-17/h2-8,13H,9-12H2,1H3. The van der Waals surface area contributed by atoms with Crippen molar-refractivity contribution < 1.29 is 22.7 Å². The maximum Gasteiger partial charge on any atom is 0.343 e. The van der Waals surface area contributed by atoms with Crippen LogP contribution in [0.15, 0.2) is 57.9 Å². The van der Waals surface area contributed by atoms with E-state index >= 15 is 0 Å². The van der Waals surface area contributed by atoms with Gasteiger partial charge in [0.25, 0.3) is 0 Å². The van der Waals surface area contributed by atoms with Gasteiger partial charge in [0, 0.05) is 37.6 Å². The highest BCUT2D eigenvalue weighted by molar-refractivity contribution is 9.10. The molecule has 0 atom stereocenters. The largest absolute Gasteiger partial charge is 0.423 e. The number of amides is 1. The van der Waals surface area contributed by atoms with Gasteiger partial charge in [0.05, 0.1) is 10.5 Å². The van der Waals surface area contributed by atoms with Gasteiger partial charge >= 0.3 is 5.97 Å². The SMILES string of the molecule is CC(=O)N1CCN(S(=O)(=O)c2cccc(C(=O)Oc3ccc(Br)cc3)c2)CC1. The molecule has 9 heteroatoms. The normalized spacial score (nSPS) is 15.3. The van der Waals surface area contributed by atoms with E-state index in [9.17, 15) is 18.0 Å². The second-order valence-electron chi connectivity index (χ2n) is 6.28. The highest BCUT2D eigenvalue weighted by atomic mass is 79.9. The molecule has 1 fully saturated rings. The Kier molecular flexibility index (Phi) is 6.17. The van der Waals surface area contributed by atoms with Crippen LogP contribution >= 0.6 is 15.9 Å². The molecule has 2 aromatic carbocycles. The summed E-state index contributed by atoms with van der Waals surface area (Å²) in [5, 5.41) is 0. The zero-order valence-electron chi connectivity index (χ0n) is 15.2. The third-order valence-corrected chi connectivity index (χ3v) is 6.84. The van der Waals surface area contributed by atoms with E-state index in [1.807, 2.05) is 0 Å². The number of hydrogen-bond donors (Lipinski definition) is 0. The lowest BCUT2D eigenvalue weighted by Crippen LogP contribution is -2.49. The first-order chi connectivity index (χ1) is 13.3. The van der Waals surface area contributed by atoms with Crippen molar-refractivity contribution in [1.29, 1.82) is 0 Å². The van der Waals surface area contributed by atoms with E-state index in [2.05, 4.69) is 15.9 Å². The lowest BCUT2D eigenvalue weighted by atomic mass is 10.2. The van der Waals surface area contributed by atoms with Crippen LogP contribution in [0, 0.1) is 0 Å². The van der Waals surface area contributed by atoms with Crippen molar-refractivity contribution in [3.05, 3.63) is 58.6 Å². The molecule has 1 amide bonds. The molecule has 0 aromatic heterocycles. The number of benzene rings is 2. The molecule has 28 heavy (non-hydrogen) atoms. The molecule has 0 aliphatic carbocycles. The van der Waals surface area contributed by atoms with E-state index in [0.29, 0.717) is 18.8 Å². The minimum absolute atomic E-state index is 0.0223. The van der Waals surface area contributed by atoms with Crippen LogP contribution in [0.5, 0.6) is 5.75 Å². The zero-order chi connectivity index (χ0) is 20.3. The number of carbonyl (C=O) groups is 2. The number of rotatable bonds is 4. The number of sulfonamides is 1. The Labute approximate surface area is 172 Å². The highest BCUT2D eigenvalue weighted by Crippen LogP contribution is 2.21. The number of hydrogen-bond acceptors (Lipinski definition) is 5. The quantitative estimate of drug-likeness (QED) is 0.510. The van der Waals surface area contributed by atoms with Crippen molar-refractivity contribution in [2.24, 2.45) is 0 Å². The second kappa shape index (κ2) is 8.42. The van der Waals surface area contributed by atoms with Gasteiger partial charge in [0.15, 0.2) is 0 Å². The van der Waals surface area contributed by atoms with Gasteiger partial charge in [0.1, 0.15) is 5.75 Å². The second-order valence-corrected chi connectivity index (χ2v) is 9.14. The van der Waals surface area contributed by atoms with Gasteiger partial charge < -0.3 is 9.64 Å². The predicted molar refractivity (Wildman–Crippen MR) is 107 cm³/mol. The maximum absolute atomic E-state index is 12.9. The summed E-state index contributed by atoms with van der Waals surface area (Å²) in [5.41, 5.74) is 0.145. The topological polar surface area (TPSA) is 84.0 Å². The van der Waals surface area contributed by atoms with Gasteiger partial charge in [-0.2, -0.15) is 4.31 Å². The van der Waals surface area contributed by atoms with Crippen molar-refractivity contribution >= 4 is 37.8 Å². The van der Waals surface area contributed by atoms with Crippen LogP contribution in [-0.2, 0) is 14.8 Å². The number of carbonyl (C=O) groups excluding carboxylic acids is 2. The first-order valence-electron chi connectivity index (χ1n) is 8.61. The molecule has 0 bridgehead atoms. The Morgan fingerprint density at radius 2 is 1.64 bits per heavy atom. The average Bonchev–Trinajstić information content (AvgIpc) is 2.70. The molecular formula is C19H19BrN2O5S. The van der Waals surface area contributed by atoms with Crippen molar-refractivity contribution in [3.8, 4) is 5.75 Å². The van der Waals surface area contributed by atoms with E-state index < -0.39 is 16.0 Å². The Hall–Kier alpha value is -2.23. The summed E-state index contributed by atoms with van der Waals surface area (Å²) in [6.45, 7) is 2.59. The molecule has 1 aliphatic rings. The summed E-state index contributed by atoms with van der Waals surface area (Å²) in [5.74, 6) is -0.350. The monoisotopic (exact) mass is 466 g/mol. The van der Waals surface area contributed by atoms with E-state index in [-0.39, 0.29) is 29.5 Å². The van der Waals surface area contributed by atoms with Crippen LogP contribution in [0.4, 0.5) is 0 Å². The van der Waals surface area contributed by atoms with Crippen LogP contribution in [0.3, 0.4) is 0 Å². The molecule has 0 unspecified atom stereocenters. The highest BCUT2D eigenvalue weighted by Gasteiger charge is 2.29. The molecule has 2 aromatic rings. The predicted octanol–water partition coefficient (Wildman–Crippen LogP) is 2.52. The summed E-state index contributed by atoms with van der Waals surface area (Å²) >= 11 is 3.30. The Morgan fingerprint density at radius 3 is 2.25 bits per heavy atom. The minimum Gasteiger partial charge on any atom is -0.423 e. The molecule has 148 valence electrons. The molecule has 0 spiro atoms. The van der Waals surface area contributed by atoms with Crippen molar-refractivity contribution in [3.63, 3.8) is 0 Å². The summed E-state index contributed by atoms with van der Waals surface area (Å²) in [6.07, 6.45) is 0. The maximum atomic E-state index is 12.9. The first kappa shape index (κ1) is 20.5. The number of ether oxygens (including phenoxy) is 1. The van der Waals surface area contributed by atoms with E-state index in [0.717, 1.165) is 4.47 Å². The molecule has 3 rings (SSSR count). The fourth-order valence-corrected chi connectivity index (χ4v) is 4.58. The molecule has 0 radical (unpaired) electrons. The number of nitrogens with zero attached hydrogens (tertiary/aromatic N) is 2. The Balaban J connectivity index is 1.75. The van der Waals surface area contributed by atoms with Gasteiger partial charge in [-0.3, -0.25) is 4.79 Å². The van der Waals surface area contributed by atoms with Gasteiger partial charge in [-0.1, -0.05) is 22.0 Å². The van der Waals surface area contributed by atoms with E-state index in [1.54, 1.807) is 29.2 Å². The summed E-state index contributed by atoms with van der Waals surface area (Å²) < 4.78 is 33.3. The summed E-state index contributed by atoms with van der Waals surface area (Å²) in [6, 6.07) is 12.5. The third-order valence-electron chi connectivity index (χ3n) is 4.42. The minimum atomic E-state index is -3.76.